The molecule has 0 bridgehead atoms. The van der Waals surface area contributed by atoms with Crippen molar-refractivity contribution in [3.05, 3.63) is 0 Å². The van der Waals surface area contributed by atoms with Gasteiger partial charge in [-0.15, -0.1) is 0 Å². The van der Waals surface area contributed by atoms with E-state index in [1.807, 2.05) is 0 Å². The van der Waals surface area contributed by atoms with Gasteiger partial charge in [0.1, 0.15) is 12.1 Å². The van der Waals surface area contributed by atoms with Crippen LogP contribution in [0.2, 0.25) is 0 Å². The lowest BCUT2D eigenvalue weighted by Crippen LogP contribution is -2.53. The van der Waals surface area contributed by atoms with Crippen molar-refractivity contribution in [1.82, 2.24) is 10.6 Å². The third-order valence-electron chi connectivity index (χ3n) is 3.20. The highest BCUT2D eigenvalue weighted by molar-refractivity contribution is 5.90. The number of hydrogen-bond donors (Lipinski definition) is 3. The zero-order valence-electron chi connectivity index (χ0n) is 14.2. The molecule has 3 N–H and O–H groups in total. The second-order valence-electron chi connectivity index (χ2n) is 5.71. The Morgan fingerprint density at radius 2 is 1.65 bits per heavy atom. The number of carbonyl (C=O) groups excluding carboxylic acids is 3. The first-order valence-electron chi connectivity index (χ1n) is 7.57. The summed E-state index contributed by atoms with van der Waals surface area (Å²) < 4.78 is 4.83. The number of aliphatic carboxylic acids is 1. The topological polar surface area (TPSA) is 122 Å². The number of carboxylic acids is 1. The van der Waals surface area contributed by atoms with E-state index >= 15 is 0 Å². The zero-order chi connectivity index (χ0) is 18.2. The Balaban J connectivity index is 4.91. The first-order chi connectivity index (χ1) is 10.6. The first kappa shape index (κ1) is 20.9. The van der Waals surface area contributed by atoms with Gasteiger partial charge in [-0.25, -0.2) is 4.79 Å². The molecule has 0 spiro atoms. The average Bonchev–Trinajstić information content (AvgIpc) is 2.43. The summed E-state index contributed by atoms with van der Waals surface area (Å²) in [7, 11) is 0. The number of nitrogens with one attached hydrogen (secondary N) is 2. The third kappa shape index (κ3) is 7.62. The number of carbonyl (C=O) groups is 4. The normalized spacial score (nSPS) is 14.5. The van der Waals surface area contributed by atoms with Crippen molar-refractivity contribution in [3.63, 3.8) is 0 Å². The molecule has 3 atom stereocenters. The van der Waals surface area contributed by atoms with Gasteiger partial charge in [-0.1, -0.05) is 20.8 Å². The Labute approximate surface area is 136 Å². The summed E-state index contributed by atoms with van der Waals surface area (Å²) in [5, 5.41) is 14.1. The molecule has 0 radical (unpaired) electrons. The van der Waals surface area contributed by atoms with E-state index in [4.69, 9.17) is 4.74 Å². The van der Waals surface area contributed by atoms with Gasteiger partial charge >= 0.3 is 11.9 Å². The zero-order valence-corrected chi connectivity index (χ0v) is 14.2. The van der Waals surface area contributed by atoms with Crippen molar-refractivity contribution < 1.29 is 29.0 Å². The molecule has 0 fully saturated rings. The molecule has 0 aliphatic heterocycles. The molecule has 0 aliphatic carbocycles. The van der Waals surface area contributed by atoms with Crippen LogP contribution < -0.4 is 10.6 Å². The van der Waals surface area contributed by atoms with E-state index in [1.165, 1.54) is 13.8 Å². The Hall–Kier alpha value is -2.12. The van der Waals surface area contributed by atoms with E-state index in [9.17, 15) is 24.3 Å². The lowest BCUT2D eigenvalue weighted by Gasteiger charge is -2.24. The molecule has 0 aliphatic rings. The molecule has 0 heterocycles. The Bertz CT molecular complexity index is 449. The number of amides is 2. The number of rotatable bonds is 9. The van der Waals surface area contributed by atoms with Gasteiger partial charge in [0.05, 0.1) is 12.5 Å². The van der Waals surface area contributed by atoms with Crippen molar-refractivity contribution in [2.75, 3.05) is 6.61 Å². The highest BCUT2D eigenvalue weighted by atomic mass is 16.5. The first-order valence-corrected chi connectivity index (χ1v) is 7.57. The van der Waals surface area contributed by atoms with Gasteiger partial charge in [-0.05, 0) is 19.3 Å². The lowest BCUT2D eigenvalue weighted by atomic mass is 9.99. The summed E-state index contributed by atoms with van der Waals surface area (Å²) in [5.41, 5.74) is 0. The number of esters is 1. The molecular weight excluding hydrogens is 304 g/mol. The standard InChI is InChI=1S/C15H26N2O6/c1-6-23-15(22)9(4)7-11(14(20)21)17-13(19)12(8(2)3)16-10(5)18/h8-9,11-12H,6-7H2,1-5H3,(H,16,18)(H,17,19)(H,20,21)/t9-,11-,12+/m0/s1. The molecule has 8 heteroatoms. The second-order valence-corrected chi connectivity index (χ2v) is 5.71. The molecule has 0 aromatic heterocycles. The molecule has 23 heavy (non-hydrogen) atoms. The van der Waals surface area contributed by atoms with Crippen LogP contribution in [0.15, 0.2) is 0 Å². The van der Waals surface area contributed by atoms with Crippen molar-refractivity contribution in [2.24, 2.45) is 11.8 Å². The Morgan fingerprint density at radius 1 is 1.09 bits per heavy atom. The van der Waals surface area contributed by atoms with E-state index in [1.54, 1.807) is 20.8 Å². The summed E-state index contributed by atoms with van der Waals surface area (Å²) in [6.45, 7) is 8.13. The predicted molar refractivity (Wildman–Crippen MR) is 82.4 cm³/mol. The Morgan fingerprint density at radius 3 is 2.04 bits per heavy atom. The smallest absolute Gasteiger partial charge is 0.326 e. The monoisotopic (exact) mass is 330 g/mol. The minimum atomic E-state index is -1.25. The van der Waals surface area contributed by atoms with Gasteiger partial charge in [-0.2, -0.15) is 0 Å². The maximum absolute atomic E-state index is 12.2. The number of carboxylic acid groups (broad SMARTS) is 1. The van der Waals surface area contributed by atoms with Gasteiger partial charge in [0, 0.05) is 6.92 Å². The minimum Gasteiger partial charge on any atom is -0.480 e. The molecule has 0 saturated carbocycles. The van der Waals surface area contributed by atoms with Gasteiger partial charge in [-0.3, -0.25) is 14.4 Å². The largest absolute Gasteiger partial charge is 0.480 e. The summed E-state index contributed by atoms with van der Waals surface area (Å²) >= 11 is 0. The molecule has 2 amide bonds. The summed E-state index contributed by atoms with van der Waals surface area (Å²) in [5.74, 6) is -3.63. The van der Waals surface area contributed by atoms with Gasteiger partial charge in [0.15, 0.2) is 0 Å². The molecule has 132 valence electrons. The molecule has 0 aromatic rings. The van der Waals surface area contributed by atoms with Crippen LogP contribution in [0.1, 0.15) is 41.0 Å². The van der Waals surface area contributed by atoms with Crippen molar-refractivity contribution in [3.8, 4) is 0 Å². The molecule has 0 saturated heterocycles. The van der Waals surface area contributed by atoms with Gasteiger partial charge < -0.3 is 20.5 Å². The van der Waals surface area contributed by atoms with Crippen LogP contribution in [0.5, 0.6) is 0 Å². The van der Waals surface area contributed by atoms with E-state index in [-0.39, 0.29) is 24.9 Å². The van der Waals surface area contributed by atoms with E-state index in [0.29, 0.717) is 0 Å². The molecular formula is C15H26N2O6. The second kappa shape index (κ2) is 9.81. The fourth-order valence-electron chi connectivity index (χ4n) is 1.97. The summed E-state index contributed by atoms with van der Waals surface area (Å²) in [6, 6.07) is -2.08. The molecule has 0 unspecified atom stereocenters. The number of ether oxygens (including phenoxy) is 1. The van der Waals surface area contributed by atoms with Crippen LogP contribution in [0, 0.1) is 11.8 Å². The highest BCUT2D eigenvalue weighted by Gasteiger charge is 2.30. The lowest BCUT2D eigenvalue weighted by molar-refractivity contribution is -0.149. The third-order valence-corrected chi connectivity index (χ3v) is 3.20. The maximum Gasteiger partial charge on any atom is 0.326 e. The van der Waals surface area contributed by atoms with Crippen molar-refractivity contribution in [1.29, 1.82) is 0 Å². The van der Waals surface area contributed by atoms with E-state index in [2.05, 4.69) is 10.6 Å². The van der Waals surface area contributed by atoms with Crippen LogP contribution in [-0.4, -0.2) is 47.6 Å². The fraction of sp³-hybridized carbons (Fsp3) is 0.733. The SMILES string of the molecule is CCOC(=O)[C@@H](C)C[C@H](NC(=O)[C@H](NC(C)=O)C(C)C)C(=O)O. The number of hydrogen-bond acceptors (Lipinski definition) is 5. The van der Waals surface area contributed by atoms with Crippen LogP contribution in [0.4, 0.5) is 0 Å². The van der Waals surface area contributed by atoms with Crippen LogP contribution in [0.25, 0.3) is 0 Å². The molecule has 0 aromatic carbocycles. The fourth-order valence-corrected chi connectivity index (χ4v) is 1.97. The molecule has 8 nitrogen and oxygen atoms in total. The predicted octanol–water partition coefficient (Wildman–Crippen LogP) is 0.306. The van der Waals surface area contributed by atoms with Gasteiger partial charge in [0.2, 0.25) is 11.8 Å². The Kier molecular flexibility index (Phi) is 8.90. The summed E-state index contributed by atoms with van der Waals surface area (Å²) in [6.07, 6.45) is -0.0925. The molecule has 0 rings (SSSR count). The highest BCUT2D eigenvalue weighted by Crippen LogP contribution is 2.10. The summed E-state index contributed by atoms with van der Waals surface area (Å²) in [4.78, 5) is 46.3. The van der Waals surface area contributed by atoms with E-state index in [0.717, 1.165) is 0 Å². The van der Waals surface area contributed by atoms with Crippen molar-refractivity contribution in [2.45, 2.75) is 53.1 Å². The van der Waals surface area contributed by atoms with Crippen molar-refractivity contribution >= 4 is 23.8 Å². The maximum atomic E-state index is 12.2. The van der Waals surface area contributed by atoms with Crippen LogP contribution in [-0.2, 0) is 23.9 Å². The quantitative estimate of drug-likeness (QED) is 0.523. The van der Waals surface area contributed by atoms with E-state index < -0.39 is 35.8 Å². The van der Waals surface area contributed by atoms with Crippen LogP contribution >= 0.6 is 0 Å². The average molecular weight is 330 g/mol. The minimum absolute atomic E-state index is 0.0925. The van der Waals surface area contributed by atoms with Crippen LogP contribution in [0.3, 0.4) is 0 Å². The van der Waals surface area contributed by atoms with Gasteiger partial charge in [0.25, 0.3) is 0 Å².